The van der Waals surface area contributed by atoms with Crippen molar-refractivity contribution in [3.8, 4) is 0 Å². The van der Waals surface area contributed by atoms with E-state index in [0.717, 1.165) is 114 Å². The van der Waals surface area contributed by atoms with Crippen LogP contribution in [0.4, 0.5) is 8.78 Å². The Kier molecular flexibility index (Phi) is 18.9. The number of hydrogen-bond donors (Lipinski definition) is 1. The Morgan fingerprint density at radius 3 is 1.52 bits per heavy atom. The summed E-state index contributed by atoms with van der Waals surface area (Å²) in [6, 6.07) is 16.7. The number of aromatic nitrogens is 2. The number of likely N-dealkylation sites (tertiary alicyclic amines) is 2. The minimum absolute atomic E-state index is 0.00798. The molecule has 4 aliphatic carbocycles. The van der Waals surface area contributed by atoms with Crippen LogP contribution in [-0.2, 0) is 71.8 Å². The summed E-state index contributed by atoms with van der Waals surface area (Å²) >= 11 is 0. The Balaban J connectivity index is 0.000000173. The van der Waals surface area contributed by atoms with Crippen LogP contribution in [0.1, 0.15) is 217 Å². The number of carboxylic acids is 1. The van der Waals surface area contributed by atoms with Crippen molar-refractivity contribution in [2.24, 2.45) is 10.8 Å². The number of halogens is 2. The summed E-state index contributed by atoms with van der Waals surface area (Å²) in [4.78, 5) is 40.1. The monoisotopic (exact) mass is 1130 g/mol. The van der Waals surface area contributed by atoms with Crippen LogP contribution >= 0.6 is 0 Å². The van der Waals surface area contributed by atoms with Gasteiger partial charge in [0.05, 0.1) is 37.6 Å². The molecular formula is C68H90F2N4O8. The molecule has 0 amide bonds. The number of unbranched alkanes of at least 4 members (excludes halogenated alkanes) is 2. The van der Waals surface area contributed by atoms with Gasteiger partial charge in [-0.15, -0.1) is 0 Å². The fourth-order valence-corrected chi connectivity index (χ4v) is 13.9. The topological polar surface area (TPSA) is 133 Å². The number of pyridine rings is 2. The minimum Gasteiger partial charge on any atom is -0.480 e. The van der Waals surface area contributed by atoms with Crippen LogP contribution in [-0.4, -0.2) is 107 Å². The van der Waals surface area contributed by atoms with Crippen LogP contribution < -0.4 is 0 Å². The van der Waals surface area contributed by atoms with E-state index in [1.54, 1.807) is 6.07 Å². The molecule has 1 N–H and O–H groups in total. The molecule has 8 aliphatic rings. The van der Waals surface area contributed by atoms with Crippen molar-refractivity contribution in [1.29, 1.82) is 0 Å². The van der Waals surface area contributed by atoms with Crippen molar-refractivity contribution < 1.29 is 47.2 Å². The van der Waals surface area contributed by atoms with E-state index in [4.69, 9.17) is 33.7 Å². The summed E-state index contributed by atoms with van der Waals surface area (Å²) in [6.45, 7) is 10.9. The van der Waals surface area contributed by atoms with Crippen molar-refractivity contribution in [1.82, 2.24) is 19.8 Å². The molecule has 0 bridgehead atoms. The predicted molar refractivity (Wildman–Crippen MR) is 310 cm³/mol. The maximum atomic E-state index is 14.8. The van der Waals surface area contributed by atoms with Gasteiger partial charge in [0.1, 0.15) is 29.3 Å². The average Bonchev–Trinajstić information content (AvgIpc) is 4.31. The number of aliphatic carboxylic acids is 1. The molecule has 6 heterocycles. The van der Waals surface area contributed by atoms with Crippen LogP contribution in [0.3, 0.4) is 0 Å². The van der Waals surface area contributed by atoms with Gasteiger partial charge in [-0.1, -0.05) is 24.3 Å². The lowest BCUT2D eigenvalue weighted by Gasteiger charge is -2.34. The van der Waals surface area contributed by atoms with E-state index in [1.807, 2.05) is 31.7 Å². The number of fused-ring (bicyclic) bond motifs is 2. The Morgan fingerprint density at radius 2 is 1.09 bits per heavy atom. The molecule has 2 aromatic heterocycles. The van der Waals surface area contributed by atoms with Crippen LogP contribution in [0.25, 0.3) is 0 Å². The second-order valence-corrected chi connectivity index (χ2v) is 26.6. The molecule has 12 nitrogen and oxygen atoms in total. The van der Waals surface area contributed by atoms with E-state index >= 15 is 0 Å². The highest BCUT2D eigenvalue weighted by molar-refractivity contribution is 5.79. The summed E-state index contributed by atoms with van der Waals surface area (Å²) in [6.07, 6.45) is 25.7. The second kappa shape index (κ2) is 26.3. The zero-order chi connectivity index (χ0) is 56.8. The van der Waals surface area contributed by atoms with Crippen molar-refractivity contribution in [3.63, 3.8) is 0 Å². The number of nitrogens with zero attached hydrogens (tertiary/aromatic N) is 4. The van der Waals surface area contributed by atoms with E-state index in [-0.39, 0.29) is 36.2 Å². The molecule has 6 fully saturated rings. The van der Waals surface area contributed by atoms with E-state index in [0.29, 0.717) is 68.0 Å². The van der Waals surface area contributed by atoms with E-state index in [9.17, 15) is 23.5 Å². The normalized spacial score (nSPS) is 24.5. The van der Waals surface area contributed by atoms with E-state index < -0.39 is 29.5 Å². The third-order valence-electron chi connectivity index (χ3n) is 19.1. The second-order valence-electron chi connectivity index (χ2n) is 26.6. The van der Waals surface area contributed by atoms with Gasteiger partial charge in [-0.2, -0.15) is 0 Å². The summed E-state index contributed by atoms with van der Waals surface area (Å²) in [5.74, 6) is -2.04. The van der Waals surface area contributed by atoms with Gasteiger partial charge in [0.15, 0.2) is 0 Å². The highest BCUT2D eigenvalue weighted by Crippen LogP contribution is 2.56. The lowest BCUT2D eigenvalue weighted by atomic mass is 9.88. The third-order valence-corrected chi connectivity index (χ3v) is 19.1. The van der Waals surface area contributed by atoms with Gasteiger partial charge in [-0.05, 0) is 255 Å². The molecule has 0 radical (unpaired) electrons. The number of carboxylic acid groups (broad SMARTS) is 1. The van der Waals surface area contributed by atoms with Gasteiger partial charge in [-0.25, -0.2) is 13.6 Å². The number of carbonyl (C=O) groups is 2. The number of aryl methyl sites for hydroxylation is 6. The maximum absolute atomic E-state index is 14.8. The van der Waals surface area contributed by atoms with Crippen LogP contribution in [0.2, 0.25) is 0 Å². The molecule has 2 aromatic carbocycles. The number of esters is 1. The highest BCUT2D eigenvalue weighted by atomic mass is 19.1. The van der Waals surface area contributed by atoms with Gasteiger partial charge < -0.3 is 28.8 Å². The molecule has 4 saturated heterocycles. The standard InChI is InChI=1S/C36H49FN2O4.C32H41FN2O4/c1-35(2,3)43-34(40)33(30-22-26(37)12-14-29(30)32-15-17-36(18-19-36)24-42-32)39-20-16-28(23-39)41-21-7-6-9-27-13-11-25-8-4-5-10-31(25)38-27;33-23-9-11-26(29-12-14-32(15-16-32)21-39-29)27(19-23)30(31(36)37)35-17-13-25(20-35)38-18-4-3-6-24-10-8-22-5-1-2-7-28(22)34-24/h11-14,22,28,32-33H,4-10,15-21,23-24H2,1-3H3;8-11,19,25,29-30H,1-7,12-18,20-21H2,(H,36,37)/t28-,32?,33?;25-,29?,30?/m11/s1. The highest BCUT2D eigenvalue weighted by Gasteiger charge is 2.48. The molecule has 14 heteroatoms. The minimum atomic E-state index is -0.950. The molecule has 12 rings (SSSR count). The third kappa shape index (κ3) is 15.0. The first kappa shape index (κ1) is 59.0. The first-order chi connectivity index (χ1) is 39.7. The number of ether oxygens (including phenoxy) is 5. The number of carbonyl (C=O) groups excluding carboxylic acids is 1. The van der Waals surface area contributed by atoms with Crippen molar-refractivity contribution in [3.05, 3.63) is 128 Å². The van der Waals surface area contributed by atoms with Gasteiger partial charge >= 0.3 is 11.9 Å². The Hall–Kier alpha value is -4.70. The first-order valence-electron chi connectivity index (χ1n) is 31.6. The summed E-state index contributed by atoms with van der Waals surface area (Å²) < 4.78 is 60.1. The van der Waals surface area contributed by atoms with Gasteiger partial charge in [0, 0.05) is 62.2 Å². The molecular weight excluding hydrogens is 1040 g/mol. The summed E-state index contributed by atoms with van der Waals surface area (Å²) in [5, 5.41) is 10.3. The van der Waals surface area contributed by atoms with E-state index in [1.165, 1.54) is 116 Å². The maximum Gasteiger partial charge on any atom is 0.328 e. The first-order valence-corrected chi connectivity index (χ1v) is 31.6. The lowest BCUT2D eigenvalue weighted by Crippen LogP contribution is -2.38. The Bertz CT molecular complexity index is 2830. The van der Waals surface area contributed by atoms with Gasteiger partial charge in [0.2, 0.25) is 0 Å². The smallest absolute Gasteiger partial charge is 0.328 e. The molecule has 6 atom stereocenters. The zero-order valence-corrected chi connectivity index (χ0v) is 49.2. The molecule has 82 heavy (non-hydrogen) atoms. The largest absolute Gasteiger partial charge is 0.480 e. The van der Waals surface area contributed by atoms with Gasteiger partial charge in [0.25, 0.3) is 0 Å². The zero-order valence-electron chi connectivity index (χ0n) is 49.2. The predicted octanol–water partition coefficient (Wildman–Crippen LogP) is 13.2. The van der Waals surface area contributed by atoms with Crippen molar-refractivity contribution in [2.75, 3.05) is 52.6 Å². The van der Waals surface area contributed by atoms with Crippen molar-refractivity contribution in [2.45, 2.75) is 217 Å². The molecule has 4 aliphatic heterocycles. The number of benzene rings is 2. The van der Waals surface area contributed by atoms with Crippen LogP contribution in [0.5, 0.6) is 0 Å². The molecule has 4 unspecified atom stereocenters. The van der Waals surface area contributed by atoms with Crippen LogP contribution in [0.15, 0.2) is 60.7 Å². The SMILES string of the molecule is CC(C)(C)OC(=O)C(c1cc(F)ccc1C1CCC2(CC2)CO1)N1CC[C@@H](OCCCCc2ccc3c(n2)CCCC3)C1.O=C(O)C(c1cc(F)ccc1C1CCC2(CC2)CO1)N1CC[C@@H](OCCCCc2ccc3c(n2)CCCC3)C1. The number of rotatable bonds is 20. The molecule has 2 saturated carbocycles. The fourth-order valence-electron chi connectivity index (χ4n) is 13.9. The molecule has 2 spiro atoms. The summed E-state index contributed by atoms with van der Waals surface area (Å²) in [5.41, 5.74) is 10.8. The average molecular weight is 1130 g/mol. The van der Waals surface area contributed by atoms with Crippen LogP contribution in [0, 0.1) is 22.5 Å². The lowest BCUT2D eigenvalue weighted by molar-refractivity contribution is -0.161. The van der Waals surface area contributed by atoms with E-state index in [2.05, 4.69) is 29.2 Å². The fraction of sp³-hybridized carbons (Fsp3) is 0.647. The molecule has 4 aromatic rings. The molecule has 444 valence electrons. The number of hydrogen-bond acceptors (Lipinski definition) is 11. The van der Waals surface area contributed by atoms with Crippen molar-refractivity contribution >= 4 is 11.9 Å². The summed E-state index contributed by atoms with van der Waals surface area (Å²) in [7, 11) is 0. The quantitative estimate of drug-likeness (QED) is 0.0667. The Labute approximate surface area is 485 Å². The van der Waals surface area contributed by atoms with Gasteiger partial charge in [-0.3, -0.25) is 24.6 Å². The Morgan fingerprint density at radius 1 is 0.622 bits per heavy atom.